The van der Waals surface area contributed by atoms with Gasteiger partial charge in [-0.1, -0.05) is 29.8 Å². The number of nitrogens with one attached hydrogen (secondary N) is 1. The minimum atomic E-state index is -5.08. The molecule has 1 aromatic rings. The Hall–Kier alpha value is -3.47. The summed E-state index contributed by atoms with van der Waals surface area (Å²) in [7, 11) is -4.17. The van der Waals surface area contributed by atoms with Gasteiger partial charge in [0.15, 0.2) is 12.0 Å². The van der Waals surface area contributed by atoms with Gasteiger partial charge in [-0.3, -0.25) is 14.1 Å². The van der Waals surface area contributed by atoms with Crippen LogP contribution in [0.1, 0.15) is 26.3 Å². The monoisotopic (exact) mass is 651 g/mol. The molecule has 2 fully saturated rings. The Morgan fingerprint density at radius 1 is 1.18 bits per heavy atom. The first-order valence-corrected chi connectivity index (χ1v) is 14.6. The number of fused-ring (bicyclic) bond motifs is 1. The molecule has 0 aliphatic carbocycles. The van der Waals surface area contributed by atoms with Crippen molar-refractivity contribution in [2.45, 2.75) is 70.2 Å². The molecule has 5 N–H and O–H groups in total. The minimum Gasteiger partial charge on any atom is -0.480 e. The van der Waals surface area contributed by atoms with Gasteiger partial charge in [0.2, 0.25) is 5.91 Å². The number of carboxylic acid groups (broad SMARTS) is 2. The van der Waals surface area contributed by atoms with E-state index in [2.05, 4.69) is 5.09 Å². The number of hydrogen-bond acceptors (Lipinski definition) is 10. The minimum absolute atomic E-state index is 0.243. The predicted octanol–water partition coefficient (Wildman–Crippen LogP) is 2.68. The van der Waals surface area contributed by atoms with E-state index < -0.39 is 68.1 Å². The molecule has 14 nitrogen and oxygen atoms in total. The largest absolute Gasteiger partial charge is 0.490 e. The topological polar surface area (TPSA) is 196 Å². The van der Waals surface area contributed by atoms with Crippen LogP contribution in [0.4, 0.5) is 13.2 Å². The number of primary amides is 1. The van der Waals surface area contributed by atoms with Crippen LogP contribution in [0.25, 0.3) is 0 Å². The SMILES string of the molecule is Cc1ccc(OP(=O)(N[C@@H](C)C(=O)O)OCC2O[C@@H](N3C=C(C(N)=O)C=CC3)[C@@H]3OC(C)(C)O[C@H]23)cc1.O=C(O)C(F)(F)F. The van der Waals surface area contributed by atoms with Crippen molar-refractivity contribution in [3.63, 3.8) is 0 Å². The van der Waals surface area contributed by atoms with Gasteiger partial charge >= 0.3 is 25.9 Å². The number of carbonyl (C=O) groups is 3. The number of benzene rings is 1. The number of amides is 1. The molecule has 0 bridgehead atoms. The summed E-state index contributed by atoms with van der Waals surface area (Å²) < 4.78 is 75.1. The van der Waals surface area contributed by atoms with Crippen LogP contribution in [0.5, 0.6) is 5.75 Å². The van der Waals surface area contributed by atoms with E-state index in [9.17, 15) is 32.4 Å². The van der Waals surface area contributed by atoms with Crippen LogP contribution in [0, 0.1) is 6.92 Å². The van der Waals surface area contributed by atoms with E-state index in [0.29, 0.717) is 12.1 Å². The summed E-state index contributed by atoms with van der Waals surface area (Å²) in [5.41, 5.74) is 6.72. The van der Waals surface area contributed by atoms with E-state index in [1.54, 1.807) is 61.4 Å². The third kappa shape index (κ3) is 9.27. The summed E-state index contributed by atoms with van der Waals surface area (Å²) in [6, 6.07) is 5.53. The van der Waals surface area contributed by atoms with E-state index in [1.165, 1.54) is 6.92 Å². The molecular weight excluding hydrogens is 618 g/mol. The fraction of sp³-hybridized carbons (Fsp3) is 0.500. The molecule has 3 heterocycles. The molecule has 0 aromatic heterocycles. The Morgan fingerprint density at radius 2 is 1.77 bits per heavy atom. The van der Waals surface area contributed by atoms with E-state index in [0.717, 1.165) is 5.56 Å². The molecule has 244 valence electrons. The average Bonchev–Trinajstić information content (AvgIpc) is 3.41. The van der Waals surface area contributed by atoms with Crippen LogP contribution in [-0.4, -0.2) is 88.7 Å². The highest BCUT2D eigenvalue weighted by atomic mass is 31.2. The van der Waals surface area contributed by atoms with Crippen LogP contribution < -0.4 is 15.3 Å². The summed E-state index contributed by atoms with van der Waals surface area (Å²) in [6.07, 6.45) is -2.61. The molecule has 0 radical (unpaired) electrons. The second kappa shape index (κ2) is 13.7. The number of rotatable bonds is 10. The summed E-state index contributed by atoms with van der Waals surface area (Å²) in [5, 5.41) is 18.9. The second-order valence-corrected chi connectivity index (χ2v) is 12.1. The number of hydrogen-bond donors (Lipinski definition) is 4. The van der Waals surface area contributed by atoms with Crippen LogP contribution in [-0.2, 0) is 37.7 Å². The normalized spacial score (nSPS) is 26.0. The fourth-order valence-corrected chi connectivity index (χ4v) is 5.76. The van der Waals surface area contributed by atoms with Crippen LogP contribution in [0.3, 0.4) is 0 Å². The molecule has 3 aliphatic rings. The number of halogens is 3. The van der Waals surface area contributed by atoms with Crippen molar-refractivity contribution in [1.29, 1.82) is 0 Å². The molecule has 44 heavy (non-hydrogen) atoms. The molecule has 2 unspecified atom stereocenters. The molecule has 2 saturated heterocycles. The lowest BCUT2D eigenvalue weighted by Crippen LogP contribution is -2.42. The zero-order valence-electron chi connectivity index (χ0n) is 24.0. The molecule has 1 amide bonds. The van der Waals surface area contributed by atoms with Crippen molar-refractivity contribution in [1.82, 2.24) is 9.99 Å². The quantitative estimate of drug-likeness (QED) is 0.270. The lowest BCUT2D eigenvalue weighted by Gasteiger charge is -2.32. The van der Waals surface area contributed by atoms with Crippen molar-refractivity contribution >= 4 is 25.6 Å². The highest BCUT2D eigenvalue weighted by Gasteiger charge is 2.57. The summed E-state index contributed by atoms with van der Waals surface area (Å²) in [6.45, 7) is 6.94. The number of nitrogens with zero attached hydrogens (tertiary/aromatic N) is 1. The third-order valence-corrected chi connectivity index (χ3v) is 7.92. The van der Waals surface area contributed by atoms with Gasteiger partial charge < -0.3 is 39.6 Å². The van der Waals surface area contributed by atoms with Gasteiger partial charge in [-0.15, -0.1) is 0 Å². The van der Waals surface area contributed by atoms with Gasteiger partial charge in [0, 0.05) is 12.7 Å². The maximum atomic E-state index is 13.6. The van der Waals surface area contributed by atoms with Gasteiger partial charge in [0.05, 0.1) is 12.2 Å². The molecule has 1 aromatic carbocycles. The zero-order chi connectivity index (χ0) is 33.0. The van der Waals surface area contributed by atoms with Crippen molar-refractivity contribution in [3.8, 4) is 5.75 Å². The lowest BCUT2D eigenvalue weighted by molar-refractivity contribution is -0.203. The lowest BCUT2D eigenvalue weighted by atomic mass is 10.1. The van der Waals surface area contributed by atoms with Crippen LogP contribution in [0.2, 0.25) is 0 Å². The Morgan fingerprint density at radius 3 is 2.32 bits per heavy atom. The first-order chi connectivity index (χ1) is 20.3. The van der Waals surface area contributed by atoms with E-state index in [1.807, 2.05) is 6.92 Å². The number of aryl methyl sites for hydroxylation is 1. The average molecular weight is 652 g/mol. The predicted molar refractivity (Wildman–Crippen MR) is 145 cm³/mol. The number of carboxylic acids is 2. The van der Waals surface area contributed by atoms with Gasteiger partial charge in [-0.25, -0.2) is 9.36 Å². The Bertz CT molecular complexity index is 1340. The van der Waals surface area contributed by atoms with Crippen molar-refractivity contribution in [3.05, 3.63) is 53.8 Å². The smallest absolute Gasteiger partial charge is 0.480 e. The highest BCUT2D eigenvalue weighted by molar-refractivity contribution is 7.52. The molecule has 6 atom stereocenters. The first-order valence-electron chi connectivity index (χ1n) is 13.1. The van der Waals surface area contributed by atoms with E-state index in [-0.39, 0.29) is 12.4 Å². The number of carbonyl (C=O) groups excluding carboxylic acids is 1. The van der Waals surface area contributed by atoms with Gasteiger partial charge in [-0.05, 0) is 39.8 Å². The van der Waals surface area contributed by atoms with Crippen LogP contribution in [0.15, 0.2) is 48.2 Å². The van der Waals surface area contributed by atoms with Crippen molar-refractivity contribution in [2.24, 2.45) is 5.73 Å². The Kier molecular flexibility index (Phi) is 10.9. The molecule has 18 heteroatoms. The number of nitrogens with two attached hydrogens (primary N) is 1. The summed E-state index contributed by atoms with van der Waals surface area (Å²) in [5.74, 6) is -5.24. The number of aliphatic carboxylic acids is 2. The third-order valence-electron chi connectivity index (χ3n) is 6.28. The summed E-state index contributed by atoms with van der Waals surface area (Å²) in [4.78, 5) is 33.8. The second-order valence-electron chi connectivity index (χ2n) is 10.4. The van der Waals surface area contributed by atoms with Gasteiger partial charge in [0.25, 0.3) is 0 Å². The molecule has 3 aliphatic heterocycles. The van der Waals surface area contributed by atoms with Crippen molar-refractivity contribution in [2.75, 3.05) is 13.2 Å². The fourth-order valence-electron chi connectivity index (χ4n) is 4.25. The Balaban J connectivity index is 0.000000676. The molecular formula is C26H33F3N3O11P. The van der Waals surface area contributed by atoms with Crippen LogP contribution >= 0.6 is 7.75 Å². The van der Waals surface area contributed by atoms with Gasteiger partial charge in [0.1, 0.15) is 30.1 Å². The highest BCUT2D eigenvalue weighted by Crippen LogP contribution is 2.47. The Labute approximate surface area is 250 Å². The number of alkyl halides is 3. The molecule has 0 saturated carbocycles. The number of ether oxygens (including phenoxy) is 3. The maximum Gasteiger partial charge on any atom is 0.490 e. The van der Waals surface area contributed by atoms with Crippen molar-refractivity contribution < 1.29 is 65.6 Å². The zero-order valence-corrected chi connectivity index (χ0v) is 24.9. The molecule has 0 spiro atoms. The summed E-state index contributed by atoms with van der Waals surface area (Å²) >= 11 is 0. The molecule has 4 rings (SSSR count). The van der Waals surface area contributed by atoms with E-state index in [4.69, 9.17) is 38.9 Å². The first kappa shape index (κ1) is 35.0. The maximum absolute atomic E-state index is 13.6. The van der Waals surface area contributed by atoms with Gasteiger partial charge in [-0.2, -0.15) is 18.3 Å². The van der Waals surface area contributed by atoms with E-state index >= 15 is 0 Å². The standard InChI is InChI=1S/C24H32N3O9P.C2HF3O2/c1-14-7-9-17(10-8-14)36-37(31,26-15(2)23(29)30)32-13-18-19-20(35-24(3,4)34-19)22(33-18)27-11-5-6-16(12-27)21(25)28;3-2(4,5)1(6)7/h5-10,12,15,18-20,22H,11,13H2,1-4H3,(H2,25,28)(H,26,31)(H,29,30);(H,6,7)/t15-,18?,19+,20+,22+,37?;/m0./s1.